The monoisotopic (exact) mass is 294 g/mol. The van der Waals surface area contributed by atoms with Crippen LogP contribution in [0, 0.1) is 5.41 Å². The van der Waals surface area contributed by atoms with Gasteiger partial charge in [-0.1, -0.05) is 67.5 Å². The van der Waals surface area contributed by atoms with E-state index in [0.717, 1.165) is 12.8 Å². The summed E-state index contributed by atoms with van der Waals surface area (Å²) in [7, 11) is -1.79. The van der Waals surface area contributed by atoms with Crippen LogP contribution in [0.1, 0.15) is 68.2 Å². The number of allylic oxidation sites excluding steroid dienone is 3. The number of hydrogen-bond donors (Lipinski definition) is 0. The topological polar surface area (TPSA) is 9.23 Å². The van der Waals surface area contributed by atoms with Crippen LogP contribution in [-0.2, 0) is 4.43 Å². The summed E-state index contributed by atoms with van der Waals surface area (Å²) in [6, 6.07) is 0. The molecule has 0 aromatic heterocycles. The fourth-order valence-electron chi connectivity index (χ4n) is 3.69. The zero-order valence-corrected chi connectivity index (χ0v) is 15.8. The van der Waals surface area contributed by atoms with Crippen molar-refractivity contribution in [3.8, 4) is 0 Å². The van der Waals surface area contributed by atoms with Gasteiger partial charge in [0.1, 0.15) is 0 Å². The predicted octanol–water partition coefficient (Wildman–Crippen LogP) is 6.44. The summed E-state index contributed by atoms with van der Waals surface area (Å²) < 4.78 is 6.79. The molecule has 0 saturated carbocycles. The molecular formula is C18H34OSi. The van der Waals surface area contributed by atoms with Gasteiger partial charge in [0, 0.05) is 6.42 Å². The molecule has 0 aromatic rings. The molecule has 116 valence electrons. The zero-order chi connectivity index (χ0) is 15.6. The van der Waals surface area contributed by atoms with Crippen molar-refractivity contribution in [3.05, 3.63) is 24.0 Å². The number of hydrogen-bond acceptors (Lipinski definition) is 1. The molecule has 0 aromatic carbocycles. The molecule has 20 heavy (non-hydrogen) atoms. The normalized spacial score (nSPS) is 19.4. The van der Waals surface area contributed by atoms with Gasteiger partial charge in [0.05, 0.1) is 5.76 Å². The molecule has 0 amide bonds. The maximum Gasteiger partial charge on any atom is 0.258 e. The SMILES string of the molecule is CC(C)[Si](OC1=CCC(C)(C)C=CC1)(C(C)C)C(C)C. The van der Waals surface area contributed by atoms with Gasteiger partial charge in [0.2, 0.25) is 0 Å². The van der Waals surface area contributed by atoms with E-state index in [9.17, 15) is 0 Å². The molecular weight excluding hydrogens is 260 g/mol. The highest BCUT2D eigenvalue weighted by atomic mass is 28.4. The van der Waals surface area contributed by atoms with E-state index < -0.39 is 8.32 Å². The highest BCUT2D eigenvalue weighted by Gasteiger charge is 2.47. The third-order valence-corrected chi connectivity index (χ3v) is 10.8. The lowest BCUT2D eigenvalue weighted by Gasteiger charge is -2.43. The first-order valence-electron chi connectivity index (χ1n) is 8.17. The minimum atomic E-state index is -1.79. The molecule has 1 aliphatic rings. The van der Waals surface area contributed by atoms with Crippen molar-refractivity contribution in [1.82, 2.24) is 0 Å². The van der Waals surface area contributed by atoms with Gasteiger partial charge in [0.15, 0.2) is 0 Å². The lowest BCUT2D eigenvalue weighted by molar-refractivity contribution is 0.360. The van der Waals surface area contributed by atoms with Gasteiger partial charge in [-0.3, -0.25) is 0 Å². The first-order chi connectivity index (χ1) is 9.12. The van der Waals surface area contributed by atoms with Crippen molar-refractivity contribution in [2.75, 3.05) is 0 Å². The van der Waals surface area contributed by atoms with Crippen LogP contribution in [0.4, 0.5) is 0 Å². The van der Waals surface area contributed by atoms with Crippen molar-refractivity contribution < 1.29 is 4.43 Å². The van der Waals surface area contributed by atoms with E-state index in [1.54, 1.807) is 0 Å². The van der Waals surface area contributed by atoms with Crippen LogP contribution < -0.4 is 0 Å². The van der Waals surface area contributed by atoms with E-state index in [-0.39, 0.29) is 5.41 Å². The maximum absolute atomic E-state index is 6.79. The van der Waals surface area contributed by atoms with E-state index in [4.69, 9.17) is 4.43 Å². The van der Waals surface area contributed by atoms with E-state index >= 15 is 0 Å². The molecule has 0 radical (unpaired) electrons. The second kappa shape index (κ2) is 6.51. The Bertz CT molecular complexity index is 353. The lowest BCUT2D eigenvalue weighted by Crippen LogP contribution is -2.47. The summed E-state index contributed by atoms with van der Waals surface area (Å²) in [4.78, 5) is 0. The first kappa shape index (κ1) is 17.5. The smallest absolute Gasteiger partial charge is 0.258 e. The van der Waals surface area contributed by atoms with Crippen LogP contribution in [0.3, 0.4) is 0 Å². The van der Waals surface area contributed by atoms with Crippen molar-refractivity contribution in [2.24, 2.45) is 5.41 Å². The van der Waals surface area contributed by atoms with Gasteiger partial charge >= 0.3 is 0 Å². The Morgan fingerprint density at radius 1 is 1.00 bits per heavy atom. The molecule has 0 bridgehead atoms. The fraction of sp³-hybridized carbons (Fsp3) is 0.778. The average Bonchev–Trinajstić information content (AvgIpc) is 2.46. The minimum Gasteiger partial charge on any atom is -0.546 e. The van der Waals surface area contributed by atoms with Crippen LogP contribution in [-0.4, -0.2) is 8.32 Å². The summed E-state index contributed by atoms with van der Waals surface area (Å²) in [5, 5.41) is 0. The van der Waals surface area contributed by atoms with Crippen molar-refractivity contribution in [2.45, 2.75) is 84.9 Å². The molecule has 1 rings (SSSR count). The van der Waals surface area contributed by atoms with Gasteiger partial charge in [-0.2, -0.15) is 0 Å². The third-order valence-electron chi connectivity index (χ3n) is 4.76. The molecule has 0 fully saturated rings. The zero-order valence-electron chi connectivity index (χ0n) is 14.8. The van der Waals surface area contributed by atoms with E-state index in [1.165, 1.54) is 5.76 Å². The Kier molecular flexibility index (Phi) is 5.71. The van der Waals surface area contributed by atoms with E-state index in [1.807, 2.05) is 0 Å². The largest absolute Gasteiger partial charge is 0.546 e. The molecule has 0 N–H and O–H groups in total. The van der Waals surface area contributed by atoms with Crippen LogP contribution in [0.2, 0.25) is 16.6 Å². The van der Waals surface area contributed by atoms with Crippen LogP contribution in [0.5, 0.6) is 0 Å². The summed E-state index contributed by atoms with van der Waals surface area (Å²) in [6.07, 6.45) is 9.01. The average molecular weight is 295 g/mol. The lowest BCUT2D eigenvalue weighted by atomic mass is 9.90. The third kappa shape index (κ3) is 3.78. The second-order valence-electron chi connectivity index (χ2n) is 7.89. The molecule has 0 atom stereocenters. The van der Waals surface area contributed by atoms with Gasteiger partial charge in [-0.05, 0) is 34.5 Å². The van der Waals surface area contributed by atoms with Gasteiger partial charge in [-0.15, -0.1) is 0 Å². The Morgan fingerprint density at radius 3 is 1.95 bits per heavy atom. The molecule has 1 aliphatic carbocycles. The standard InChI is InChI=1S/C18H34OSi/c1-14(2)20(15(3)4,16(5)6)19-17-10-9-12-18(7,8)13-11-17/h9,11-12,14-16H,10,13H2,1-8H3. The van der Waals surface area contributed by atoms with Crippen molar-refractivity contribution in [1.29, 1.82) is 0 Å². The molecule has 0 spiro atoms. The molecule has 0 heterocycles. The van der Waals surface area contributed by atoms with Gasteiger partial charge in [-0.25, -0.2) is 0 Å². The summed E-state index contributed by atoms with van der Waals surface area (Å²) in [5.41, 5.74) is 2.19. The second-order valence-corrected chi connectivity index (χ2v) is 13.3. The molecule has 0 saturated heterocycles. The first-order valence-corrected chi connectivity index (χ1v) is 10.3. The Balaban J connectivity index is 3.02. The molecule has 2 heteroatoms. The van der Waals surface area contributed by atoms with Crippen LogP contribution in [0.15, 0.2) is 24.0 Å². The highest BCUT2D eigenvalue weighted by Crippen LogP contribution is 2.44. The molecule has 0 unspecified atom stereocenters. The Morgan fingerprint density at radius 2 is 1.50 bits per heavy atom. The van der Waals surface area contributed by atoms with Crippen molar-refractivity contribution >= 4 is 8.32 Å². The fourth-order valence-corrected chi connectivity index (χ4v) is 9.01. The Hall–Kier alpha value is -0.503. The summed E-state index contributed by atoms with van der Waals surface area (Å²) in [6.45, 7) is 18.7. The van der Waals surface area contributed by atoms with Gasteiger partial charge in [0.25, 0.3) is 8.32 Å². The van der Waals surface area contributed by atoms with Crippen molar-refractivity contribution in [3.63, 3.8) is 0 Å². The summed E-state index contributed by atoms with van der Waals surface area (Å²) >= 11 is 0. The predicted molar refractivity (Wildman–Crippen MR) is 92.4 cm³/mol. The van der Waals surface area contributed by atoms with E-state index in [0.29, 0.717) is 16.6 Å². The minimum absolute atomic E-state index is 0.267. The Labute approximate surface area is 127 Å². The number of rotatable bonds is 5. The van der Waals surface area contributed by atoms with Crippen LogP contribution >= 0.6 is 0 Å². The van der Waals surface area contributed by atoms with E-state index in [2.05, 4.69) is 73.6 Å². The highest BCUT2D eigenvalue weighted by molar-refractivity contribution is 6.77. The quantitative estimate of drug-likeness (QED) is 0.419. The van der Waals surface area contributed by atoms with Crippen LogP contribution in [0.25, 0.3) is 0 Å². The summed E-state index contributed by atoms with van der Waals surface area (Å²) in [5.74, 6) is 1.22. The maximum atomic E-state index is 6.79. The molecule has 0 aliphatic heterocycles. The van der Waals surface area contributed by atoms with Gasteiger partial charge < -0.3 is 4.43 Å². The molecule has 1 nitrogen and oxygen atoms in total.